The number of benzene rings is 1. The van der Waals surface area contributed by atoms with Crippen LogP contribution in [0.4, 0.5) is 0 Å². The number of imidazole rings is 1. The lowest BCUT2D eigenvalue weighted by atomic mass is 9.97. The SMILES string of the molecule is CC(C)(NC(=O)C1CC(=O)c2ccccc21)c1ncc[nH]1. The maximum atomic E-state index is 12.6. The molecule has 1 amide bonds. The molecule has 1 atom stereocenters. The van der Waals surface area contributed by atoms with Crippen molar-refractivity contribution in [3.63, 3.8) is 0 Å². The Morgan fingerprint density at radius 1 is 1.38 bits per heavy atom. The molecule has 2 aromatic rings. The molecule has 0 fully saturated rings. The van der Waals surface area contributed by atoms with Gasteiger partial charge in [-0.3, -0.25) is 9.59 Å². The normalized spacial score (nSPS) is 17.6. The van der Waals surface area contributed by atoms with Gasteiger partial charge in [-0.1, -0.05) is 24.3 Å². The van der Waals surface area contributed by atoms with Crippen LogP contribution in [0.5, 0.6) is 0 Å². The highest BCUT2D eigenvalue weighted by atomic mass is 16.2. The fraction of sp³-hybridized carbons (Fsp3) is 0.312. The van der Waals surface area contributed by atoms with Crippen LogP contribution in [0.15, 0.2) is 36.7 Å². The number of H-pyrrole nitrogens is 1. The Balaban J connectivity index is 1.83. The molecular formula is C16H17N3O2. The van der Waals surface area contributed by atoms with Gasteiger partial charge in [0.2, 0.25) is 5.91 Å². The summed E-state index contributed by atoms with van der Waals surface area (Å²) in [5, 5.41) is 2.98. The van der Waals surface area contributed by atoms with E-state index in [2.05, 4.69) is 15.3 Å². The van der Waals surface area contributed by atoms with Gasteiger partial charge in [-0.15, -0.1) is 0 Å². The van der Waals surface area contributed by atoms with Crippen molar-refractivity contribution in [1.29, 1.82) is 0 Å². The Morgan fingerprint density at radius 2 is 2.14 bits per heavy atom. The maximum Gasteiger partial charge on any atom is 0.228 e. The van der Waals surface area contributed by atoms with Gasteiger partial charge in [0.05, 0.1) is 11.5 Å². The second kappa shape index (κ2) is 4.84. The largest absolute Gasteiger partial charge is 0.347 e. The van der Waals surface area contributed by atoms with E-state index in [4.69, 9.17) is 0 Å². The summed E-state index contributed by atoms with van der Waals surface area (Å²) in [4.78, 5) is 31.7. The average Bonchev–Trinajstić information content (AvgIpc) is 3.07. The highest BCUT2D eigenvalue weighted by Crippen LogP contribution is 2.33. The summed E-state index contributed by atoms with van der Waals surface area (Å²) in [7, 11) is 0. The summed E-state index contributed by atoms with van der Waals surface area (Å²) in [6, 6.07) is 7.31. The van der Waals surface area contributed by atoms with Crippen LogP contribution < -0.4 is 5.32 Å². The number of carbonyl (C=O) groups is 2. The van der Waals surface area contributed by atoms with E-state index in [-0.39, 0.29) is 18.1 Å². The van der Waals surface area contributed by atoms with E-state index in [0.717, 1.165) is 5.56 Å². The molecule has 1 aromatic heterocycles. The van der Waals surface area contributed by atoms with E-state index in [9.17, 15) is 9.59 Å². The number of ketones is 1. The number of aromatic nitrogens is 2. The molecule has 0 spiro atoms. The number of hydrogen-bond acceptors (Lipinski definition) is 3. The third kappa shape index (κ3) is 2.35. The second-order valence-electron chi connectivity index (χ2n) is 5.82. The Morgan fingerprint density at radius 3 is 2.86 bits per heavy atom. The zero-order valence-electron chi connectivity index (χ0n) is 12.0. The van der Waals surface area contributed by atoms with Crippen LogP contribution in [-0.2, 0) is 10.3 Å². The zero-order chi connectivity index (χ0) is 15.0. The average molecular weight is 283 g/mol. The number of nitrogens with zero attached hydrogens (tertiary/aromatic N) is 1. The van der Waals surface area contributed by atoms with E-state index in [0.29, 0.717) is 11.4 Å². The van der Waals surface area contributed by atoms with E-state index in [1.165, 1.54) is 0 Å². The van der Waals surface area contributed by atoms with Crippen molar-refractivity contribution in [1.82, 2.24) is 15.3 Å². The first-order chi connectivity index (χ1) is 9.99. The third-order valence-electron chi connectivity index (χ3n) is 3.87. The molecule has 1 aromatic carbocycles. The smallest absolute Gasteiger partial charge is 0.228 e. The zero-order valence-corrected chi connectivity index (χ0v) is 12.0. The quantitative estimate of drug-likeness (QED) is 0.906. The van der Waals surface area contributed by atoms with E-state index >= 15 is 0 Å². The predicted molar refractivity (Wildman–Crippen MR) is 77.9 cm³/mol. The first-order valence-electron chi connectivity index (χ1n) is 6.93. The maximum absolute atomic E-state index is 12.6. The summed E-state index contributed by atoms with van der Waals surface area (Å²) in [6.07, 6.45) is 3.61. The Kier molecular flexibility index (Phi) is 3.12. The molecule has 1 aliphatic carbocycles. The van der Waals surface area contributed by atoms with Crippen LogP contribution in [0.1, 0.15) is 47.9 Å². The van der Waals surface area contributed by atoms with Gasteiger partial charge in [-0.25, -0.2) is 4.98 Å². The van der Waals surface area contributed by atoms with Gasteiger partial charge in [0, 0.05) is 24.4 Å². The fourth-order valence-corrected chi connectivity index (χ4v) is 2.76. The number of aromatic amines is 1. The van der Waals surface area contributed by atoms with Crippen molar-refractivity contribution in [3.05, 3.63) is 53.6 Å². The molecule has 0 saturated carbocycles. The molecule has 2 N–H and O–H groups in total. The minimum Gasteiger partial charge on any atom is -0.347 e. The van der Waals surface area contributed by atoms with Crippen molar-refractivity contribution >= 4 is 11.7 Å². The topological polar surface area (TPSA) is 74.8 Å². The Labute approximate surface area is 122 Å². The predicted octanol–water partition coefficient (Wildman–Crippen LogP) is 2.13. The van der Waals surface area contributed by atoms with Gasteiger partial charge < -0.3 is 10.3 Å². The monoisotopic (exact) mass is 283 g/mol. The molecule has 3 rings (SSSR count). The highest BCUT2D eigenvalue weighted by Gasteiger charge is 2.36. The van der Waals surface area contributed by atoms with Gasteiger partial charge in [-0.2, -0.15) is 0 Å². The number of Topliss-reactive ketones (excluding diaryl/α,β-unsaturated/α-hetero) is 1. The molecule has 1 aliphatic rings. The van der Waals surface area contributed by atoms with Gasteiger partial charge in [0.15, 0.2) is 5.78 Å². The van der Waals surface area contributed by atoms with Gasteiger partial charge in [0.25, 0.3) is 0 Å². The minimum atomic E-state index is -0.610. The number of fused-ring (bicyclic) bond motifs is 1. The Bertz CT molecular complexity index is 689. The first-order valence-corrected chi connectivity index (χ1v) is 6.93. The summed E-state index contributed by atoms with van der Waals surface area (Å²) in [6.45, 7) is 3.76. The number of nitrogens with one attached hydrogen (secondary N) is 2. The Hall–Kier alpha value is -2.43. The standard InChI is InChI=1S/C16H17N3O2/c1-16(2,15-17-7-8-18-15)19-14(21)12-9-13(20)11-6-4-3-5-10(11)12/h3-8,12H,9H2,1-2H3,(H,17,18)(H,19,21). The summed E-state index contributed by atoms with van der Waals surface area (Å²) >= 11 is 0. The molecule has 1 unspecified atom stereocenters. The van der Waals surface area contributed by atoms with E-state index < -0.39 is 11.5 Å². The number of amides is 1. The molecular weight excluding hydrogens is 266 g/mol. The third-order valence-corrected chi connectivity index (χ3v) is 3.87. The fourth-order valence-electron chi connectivity index (χ4n) is 2.76. The first kappa shape index (κ1) is 13.5. The van der Waals surface area contributed by atoms with Crippen molar-refractivity contribution in [2.75, 3.05) is 0 Å². The lowest BCUT2D eigenvalue weighted by molar-refractivity contribution is -0.124. The van der Waals surface area contributed by atoms with Crippen LogP contribution in [0.25, 0.3) is 0 Å². The van der Waals surface area contributed by atoms with Crippen LogP contribution in [-0.4, -0.2) is 21.7 Å². The summed E-state index contributed by atoms with van der Waals surface area (Å²) < 4.78 is 0. The van der Waals surface area contributed by atoms with Gasteiger partial charge in [0.1, 0.15) is 5.82 Å². The second-order valence-corrected chi connectivity index (χ2v) is 5.82. The van der Waals surface area contributed by atoms with Crippen molar-refractivity contribution in [3.8, 4) is 0 Å². The van der Waals surface area contributed by atoms with Crippen molar-refractivity contribution < 1.29 is 9.59 Å². The lowest BCUT2D eigenvalue weighted by Crippen LogP contribution is -2.43. The number of hydrogen-bond donors (Lipinski definition) is 2. The molecule has 0 saturated heterocycles. The van der Waals surface area contributed by atoms with Gasteiger partial charge >= 0.3 is 0 Å². The molecule has 1 heterocycles. The van der Waals surface area contributed by atoms with Crippen LogP contribution in [0.2, 0.25) is 0 Å². The minimum absolute atomic E-state index is 0.0292. The molecule has 108 valence electrons. The molecule has 0 bridgehead atoms. The summed E-state index contributed by atoms with van der Waals surface area (Å²) in [5.41, 5.74) is 0.866. The molecule has 5 heteroatoms. The molecule has 5 nitrogen and oxygen atoms in total. The highest BCUT2D eigenvalue weighted by molar-refractivity contribution is 6.06. The van der Waals surface area contributed by atoms with Crippen LogP contribution >= 0.6 is 0 Å². The van der Waals surface area contributed by atoms with Crippen molar-refractivity contribution in [2.45, 2.75) is 31.7 Å². The number of rotatable bonds is 3. The molecule has 0 aliphatic heterocycles. The van der Waals surface area contributed by atoms with Crippen LogP contribution in [0, 0.1) is 0 Å². The van der Waals surface area contributed by atoms with E-state index in [1.807, 2.05) is 32.0 Å². The van der Waals surface area contributed by atoms with Crippen molar-refractivity contribution in [2.24, 2.45) is 0 Å². The molecule has 0 radical (unpaired) electrons. The van der Waals surface area contributed by atoms with E-state index in [1.54, 1.807) is 18.5 Å². The number of carbonyl (C=O) groups excluding carboxylic acids is 2. The van der Waals surface area contributed by atoms with Gasteiger partial charge in [-0.05, 0) is 19.4 Å². The van der Waals surface area contributed by atoms with Crippen LogP contribution in [0.3, 0.4) is 0 Å². The molecule has 21 heavy (non-hydrogen) atoms. The lowest BCUT2D eigenvalue weighted by Gasteiger charge is -2.26. The summed E-state index contributed by atoms with van der Waals surface area (Å²) in [5.74, 6) is 0.160.